The van der Waals surface area contributed by atoms with Gasteiger partial charge in [-0.3, -0.25) is 0 Å². The first-order valence-electron chi connectivity index (χ1n) is 9.18. The summed E-state index contributed by atoms with van der Waals surface area (Å²) in [6.07, 6.45) is -4.76. The molecule has 5 nitrogen and oxygen atoms in total. The highest BCUT2D eigenvalue weighted by Crippen LogP contribution is 2.29. The van der Waals surface area contributed by atoms with E-state index in [9.17, 15) is 13.2 Å². The van der Waals surface area contributed by atoms with Crippen molar-refractivity contribution < 1.29 is 17.9 Å². The molecule has 0 saturated heterocycles. The molecule has 0 amide bonds. The molecule has 0 fully saturated rings. The van der Waals surface area contributed by atoms with Gasteiger partial charge in [0.05, 0.1) is 5.69 Å². The predicted molar refractivity (Wildman–Crippen MR) is 112 cm³/mol. The maximum atomic E-state index is 12.6. The van der Waals surface area contributed by atoms with E-state index in [1.807, 2.05) is 26.0 Å². The molecular formula is C21H20ClF3N4O. The van der Waals surface area contributed by atoms with Crippen molar-refractivity contribution in [2.75, 3.05) is 10.6 Å². The molecule has 3 rings (SSSR count). The Labute approximate surface area is 177 Å². The Bertz CT molecular complexity index is 994. The second kappa shape index (κ2) is 9.21. The van der Waals surface area contributed by atoms with Gasteiger partial charge < -0.3 is 15.4 Å². The molecule has 2 N–H and O–H groups in total. The van der Waals surface area contributed by atoms with Gasteiger partial charge in [0.1, 0.15) is 11.6 Å². The highest BCUT2D eigenvalue weighted by Gasteiger charge is 2.31. The Balaban J connectivity index is 1.89. The smallest absolute Gasteiger partial charge is 0.406 e. The van der Waals surface area contributed by atoms with Gasteiger partial charge in [0.25, 0.3) is 0 Å². The molecule has 0 bridgehead atoms. The molecule has 0 unspecified atom stereocenters. The van der Waals surface area contributed by atoms with Crippen LogP contribution >= 0.6 is 11.6 Å². The Morgan fingerprint density at radius 2 is 1.77 bits per heavy atom. The first-order chi connectivity index (χ1) is 14.2. The van der Waals surface area contributed by atoms with Gasteiger partial charge in [0, 0.05) is 29.2 Å². The molecule has 1 heterocycles. The average Bonchev–Trinajstić information content (AvgIpc) is 2.66. The first kappa shape index (κ1) is 21.7. The van der Waals surface area contributed by atoms with Gasteiger partial charge >= 0.3 is 6.36 Å². The molecule has 0 aliphatic heterocycles. The highest BCUT2D eigenvalue weighted by atomic mass is 35.5. The Morgan fingerprint density at radius 3 is 2.43 bits per heavy atom. The number of hydrogen-bond donors (Lipinski definition) is 2. The van der Waals surface area contributed by atoms with Crippen molar-refractivity contribution in [3.05, 3.63) is 65.2 Å². The molecule has 3 aromatic rings. The zero-order chi connectivity index (χ0) is 21.7. The summed E-state index contributed by atoms with van der Waals surface area (Å²) >= 11 is 5.91. The lowest BCUT2D eigenvalue weighted by molar-refractivity contribution is -0.274. The fourth-order valence-corrected chi connectivity index (χ4v) is 2.78. The summed E-state index contributed by atoms with van der Waals surface area (Å²) in [6, 6.07) is 14.8. The summed E-state index contributed by atoms with van der Waals surface area (Å²) in [4.78, 5) is 8.87. The highest BCUT2D eigenvalue weighted by molar-refractivity contribution is 6.30. The molecule has 0 saturated carbocycles. The van der Waals surface area contributed by atoms with E-state index >= 15 is 0 Å². The van der Waals surface area contributed by atoms with Gasteiger partial charge in [-0.2, -0.15) is 4.98 Å². The molecule has 0 aliphatic rings. The third-order valence-electron chi connectivity index (χ3n) is 3.89. The van der Waals surface area contributed by atoms with E-state index in [2.05, 4.69) is 25.3 Å². The number of anilines is 2. The van der Waals surface area contributed by atoms with E-state index in [1.54, 1.807) is 24.3 Å². The topological polar surface area (TPSA) is 59.1 Å². The van der Waals surface area contributed by atoms with Gasteiger partial charge in [0.15, 0.2) is 0 Å². The quantitative estimate of drug-likeness (QED) is 0.466. The molecule has 30 heavy (non-hydrogen) atoms. The molecule has 0 spiro atoms. The first-order valence-corrected chi connectivity index (χ1v) is 9.56. The zero-order valence-electron chi connectivity index (χ0n) is 16.3. The van der Waals surface area contributed by atoms with Gasteiger partial charge in [-0.05, 0) is 43.7 Å². The molecule has 0 radical (unpaired) electrons. The number of halogens is 4. The Morgan fingerprint density at radius 1 is 1.03 bits per heavy atom. The van der Waals surface area contributed by atoms with Crippen LogP contribution in [0.25, 0.3) is 11.3 Å². The molecule has 1 aromatic heterocycles. The van der Waals surface area contributed by atoms with Crippen molar-refractivity contribution in [1.82, 2.24) is 9.97 Å². The minimum atomic E-state index is -4.76. The van der Waals surface area contributed by atoms with Crippen molar-refractivity contribution in [2.24, 2.45) is 0 Å². The van der Waals surface area contributed by atoms with Crippen LogP contribution in [0, 0.1) is 0 Å². The summed E-state index contributed by atoms with van der Waals surface area (Å²) in [5.41, 5.74) is 1.93. The van der Waals surface area contributed by atoms with Crippen molar-refractivity contribution in [1.29, 1.82) is 0 Å². The third-order valence-corrected chi connectivity index (χ3v) is 4.15. The van der Waals surface area contributed by atoms with E-state index in [0.717, 1.165) is 5.56 Å². The summed E-state index contributed by atoms with van der Waals surface area (Å²) < 4.78 is 41.7. The zero-order valence-corrected chi connectivity index (χ0v) is 17.1. The number of ether oxygens (including phenoxy) is 1. The fraction of sp³-hybridized carbons (Fsp3) is 0.238. The van der Waals surface area contributed by atoms with Crippen LogP contribution in [-0.4, -0.2) is 22.4 Å². The van der Waals surface area contributed by atoms with Gasteiger partial charge in [0.2, 0.25) is 5.95 Å². The number of aromatic nitrogens is 2. The average molecular weight is 437 g/mol. The molecular weight excluding hydrogens is 417 g/mol. The molecule has 9 heteroatoms. The summed E-state index contributed by atoms with van der Waals surface area (Å²) in [7, 11) is 0. The maximum Gasteiger partial charge on any atom is 0.573 e. The van der Waals surface area contributed by atoms with Crippen molar-refractivity contribution in [3.8, 4) is 17.0 Å². The van der Waals surface area contributed by atoms with E-state index in [4.69, 9.17) is 11.6 Å². The summed E-state index contributed by atoms with van der Waals surface area (Å²) in [5.74, 6) is 0.580. The lowest BCUT2D eigenvalue weighted by Crippen LogP contribution is -2.17. The van der Waals surface area contributed by atoms with Crippen LogP contribution in [0.1, 0.15) is 19.4 Å². The monoisotopic (exact) mass is 436 g/mol. The van der Waals surface area contributed by atoms with Crippen LogP contribution in [0.4, 0.5) is 24.9 Å². The summed E-state index contributed by atoms with van der Waals surface area (Å²) in [6.45, 7) is 4.37. The predicted octanol–water partition coefficient (Wildman–Crippen LogP) is 6.13. The third kappa shape index (κ3) is 6.52. The van der Waals surface area contributed by atoms with E-state index in [1.165, 1.54) is 18.2 Å². The standard InChI is InChI=1S/C21H20ClF3N4O/c1-13(2)27-20-28-18(15-4-3-5-17(10-15)30-21(23,24)25)11-19(29-20)26-12-14-6-8-16(22)9-7-14/h3-11,13H,12H2,1-2H3,(H2,26,27,28,29). The van der Waals surface area contributed by atoms with E-state index in [-0.39, 0.29) is 11.8 Å². The minimum Gasteiger partial charge on any atom is -0.406 e. The second-order valence-electron chi connectivity index (χ2n) is 6.82. The van der Waals surface area contributed by atoms with Crippen LogP contribution in [0.3, 0.4) is 0 Å². The number of hydrogen-bond acceptors (Lipinski definition) is 5. The summed E-state index contributed by atoms with van der Waals surface area (Å²) in [5, 5.41) is 6.98. The number of alkyl halides is 3. The Kier molecular flexibility index (Phi) is 6.66. The van der Waals surface area contributed by atoms with Gasteiger partial charge in [-0.1, -0.05) is 35.9 Å². The van der Waals surface area contributed by atoms with Crippen LogP contribution in [0.5, 0.6) is 5.75 Å². The fourth-order valence-electron chi connectivity index (χ4n) is 2.66. The molecule has 0 aliphatic carbocycles. The van der Waals surface area contributed by atoms with Crippen molar-refractivity contribution in [3.63, 3.8) is 0 Å². The maximum absolute atomic E-state index is 12.6. The largest absolute Gasteiger partial charge is 0.573 e. The number of benzene rings is 2. The van der Waals surface area contributed by atoms with Crippen LogP contribution in [0.2, 0.25) is 5.02 Å². The van der Waals surface area contributed by atoms with Crippen LogP contribution < -0.4 is 15.4 Å². The van der Waals surface area contributed by atoms with E-state index in [0.29, 0.717) is 34.6 Å². The number of nitrogens with zero attached hydrogens (tertiary/aromatic N) is 2. The van der Waals surface area contributed by atoms with Gasteiger partial charge in [-0.15, -0.1) is 13.2 Å². The lowest BCUT2D eigenvalue weighted by atomic mass is 10.1. The second-order valence-corrected chi connectivity index (χ2v) is 7.25. The molecule has 158 valence electrons. The molecule has 0 atom stereocenters. The van der Waals surface area contributed by atoms with Gasteiger partial charge in [-0.25, -0.2) is 4.98 Å². The normalized spacial score (nSPS) is 11.4. The van der Waals surface area contributed by atoms with Crippen LogP contribution in [0.15, 0.2) is 54.6 Å². The number of rotatable bonds is 7. The van der Waals surface area contributed by atoms with E-state index < -0.39 is 6.36 Å². The van der Waals surface area contributed by atoms with Crippen molar-refractivity contribution in [2.45, 2.75) is 32.8 Å². The SMILES string of the molecule is CC(C)Nc1nc(NCc2ccc(Cl)cc2)cc(-c2cccc(OC(F)(F)F)c2)n1. The lowest BCUT2D eigenvalue weighted by Gasteiger charge is -2.14. The number of nitrogens with one attached hydrogen (secondary N) is 2. The Hall–Kier alpha value is -3.00. The minimum absolute atomic E-state index is 0.0734. The van der Waals surface area contributed by atoms with Crippen LogP contribution in [-0.2, 0) is 6.54 Å². The van der Waals surface area contributed by atoms with Crippen molar-refractivity contribution >= 4 is 23.4 Å². The molecule has 2 aromatic carbocycles.